The van der Waals surface area contributed by atoms with Gasteiger partial charge in [-0.1, -0.05) is 42.5 Å². The van der Waals surface area contributed by atoms with E-state index in [4.69, 9.17) is 14.5 Å². The lowest BCUT2D eigenvalue weighted by Crippen LogP contribution is -2.10. The van der Waals surface area contributed by atoms with Gasteiger partial charge in [-0.25, -0.2) is 4.98 Å². The van der Waals surface area contributed by atoms with E-state index in [1.54, 1.807) is 14.2 Å². The van der Waals surface area contributed by atoms with Crippen LogP contribution in [-0.4, -0.2) is 30.7 Å². The summed E-state index contributed by atoms with van der Waals surface area (Å²) in [6.45, 7) is 1.33. The normalized spacial score (nSPS) is 10.6. The summed E-state index contributed by atoms with van der Waals surface area (Å²) in [5.74, 6) is 3.11. The van der Waals surface area contributed by atoms with Gasteiger partial charge in [0.25, 0.3) is 0 Å². The number of ether oxygens (including phenoxy) is 2. The average molecular weight is 415 g/mol. The molecule has 4 aromatic rings. The van der Waals surface area contributed by atoms with Gasteiger partial charge in [0, 0.05) is 24.0 Å². The second-order valence-electron chi connectivity index (χ2n) is 7.11. The first-order chi connectivity index (χ1) is 15.3. The monoisotopic (exact) mass is 414 g/mol. The highest BCUT2D eigenvalue weighted by Crippen LogP contribution is 2.24. The van der Waals surface area contributed by atoms with Gasteiger partial charge < -0.3 is 20.1 Å². The van der Waals surface area contributed by atoms with Crippen molar-refractivity contribution in [2.75, 3.05) is 31.4 Å². The molecule has 0 fully saturated rings. The smallest absolute Gasteiger partial charge is 0.225 e. The summed E-state index contributed by atoms with van der Waals surface area (Å²) in [5.41, 5.74) is 3.16. The van der Waals surface area contributed by atoms with Gasteiger partial charge in [0.2, 0.25) is 5.95 Å². The lowest BCUT2D eigenvalue weighted by Gasteiger charge is -2.13. The molecule has 31 heavy (non-hydrogen) atoms. The van der Waals surface area contributed by atoms with Crippen LogP contribution in [0.25, 0.3) is 10.9 Å². The van der Waals surface area contributed by atoms with Gasteiger partial charge in [0.1, 0.15) is 17.3 Å². The van der Waals surface area contributed by atoms with Crippen molar-refractivity contribution in [2.24, 2.45) is 0 Å². The van der Waals surface area contributed by atoms with E-state index in [1.165, 1.54) is 5.56 Å². The molecular formula is C25H26N4O2. The average Bonchev–Trinajstić information content (AvgIpc) is 2.83. The summed E-state index contributed by atoms with van der Waals surface area (Å²) in [7, 11) is 3.36. The number of benzene rings is 3. The molecule has 6 nitrogen and oxygen atoms in total. The van der Waals surface area contributed by atoms with Gasteiger partial charge in [-0.2, -0.15) is 4.98 Å². The van der Waals surface area contributed by atoms with Crippen molar-refractivity contribution in [3.63, 3.8) is 0 Å². The minimum atomic E-state index is 0.601. The van der Waals surface area contributed by atoms with E-state index in [9.17, 15) is 0 Å². The highest BCUT2D eigenvalue weighted by molar-refractivity contribution is 5.90. The van der Waals surface area contributed by atoms with E-state index in [2.05, 4.69) is 21.7 Å². The van der Waals surface area contributed by atoms with Crippen LogP contribution >= 0.6 is 0 Å². The van der Waals surface area contributed by atoms with Gasteiger partial charge in [-0.05, 0) is 42.3 Å². The van der Waals surface area contributed by atoms with E-state index in [0.29, 0.717) is 12.5 Å². The number of aromatic nitrogens is 2. The molecule has 6 heteroatoms. The number of methoxy groups -OCH3 is 2. The van der Waals surface area contributed by atoms with Crippen LogP contribution in [0, 0.1) is 0 Å². The lowest BCUT2D eigenvalue weighted by molar-refractivity contribution is 0.410. The molecule has 0 atom stereocenters. The van der Waals surface area contributed by atoms with Crippen LogP contribution in [-0.2, 0) is 13.0 Å². The molecule has 1 heterocycles. The van der Waals surface area contributed by atoms with E-state index < -0.39 is 0 Å². The predicted molar refractivity (Wildman–Crippen MR) is 125 cm³/mol. The highest BCUT2D eigenvalue weighted by atomic mass is 16.5. The van der Waals surface area contributed by atoms with Crippen LogP contribution in [0.4, 0.5) is 11.8 Å². The SMILES string of the molecule is COc1cccc(CCNc2nc(NCc3ccccc3OC)c3ccccc3n2)c1. The quantitative estimate of drug-likeness (QED) is 0.405. The fraction of sp³-hybridized carbons (Fsp3) is 0.200. The third kappa shape index (κ3) is 5.04. The first-order valence-corrected chi connectivity index (χ1v) is 10.3. The number of rotatable bonds is 9. The van der Waals surface area contributed by atoms with E-state index in [0.717, 1.165) is 46.7 Å². The Balaban J connectivity index is 1.50. The first kappa shape index (κ1) is 20.5. The van der Waals surface area contributed by atoms with Crippen molar-refractivity contribution in [3.8, 4) is 11.5 Å². The van der Waals surface area contributed by atoms with Crippen LogP contribution in [0.3, 0.4) is 0 Å². The molecule has 158 valence electrons. The second-order valence-corrected chi connectivity index (χ2v) is 7.11. The Labute approximate surface area is 182 Å². The number of nitrogens with zero attached hydrogens (tertiary/aromatic N) is 2. The van der Waals surface area contributed by atoms with Crippen molar-refractivity contribution >= 4 is 22.7 Å². The standard InChI is InChI=1S/C25H26N4O2/c1-30-20-10-7-8-18(16-20)14-15-26-25-28-22-12-5-4-11-21(22)24(29-25)27-17-19-9-3-6-13-23(19)31-2/h3-13,16H,14-15,17H2,1-2H3,(H2,26,27,28,29). The Kier molecular flexibility index (Phi) is 6.47. The Morgan fingerprint density at radius 3 is 2.52 bits per heavy atom. The van der Waals surface area contributed by atoms with Crippen molar-refractivity contribution < 1.29 is 9.47 Å². The van der Waals surface area contributed by atoms with Gasteiger partial charge in [-0.15, -0.1) is 0 Å². The zero-order valence-corrected chi connectivity index (χ0v) is 17.8. The Hall–Kier alpha value is -3.80. The molecule has 0 amide bonds. The van der Waals surface area contributed by atoms with Gasteiger partial charge in [0.05, 0.1) is 19.7 Å². The lowest BCUT2D eigenvalue weighted by atomic mass is 10.1. The molecule has 0 aliphatic rings. The Morgan fingerprint density at radius 2 is 1.65 bits per heavy atom. The van der Waals surface area contributed by atoms with Crippen molar-refractivity contribution in [1.29, 1.82) is 0 Å². The van der Waals surface area contributed by atoms with Crippen LogP contribution in [0.2, 0.25) is 0 Å². The number of anilines is 2. The minimum absolute atomic E-state index is 0.601. The Morgan fingerprint density at radius 1 is 0.806 bits per heavy atom. The molecule has 1 aromatic heterocycles. The highest BCUT2D eigenvalue weighted by Gasteiger charge is 2.09. The molecule has 0 radical (unpaired) electrons. The predicted octanol–water partition coefficient (Wildman–Crippen LogP) is 4.91. The Bertz CT molecular complexity index is 1160. The number of nitrogens with one attached hydrogen (secondary N) is 2. The molecule has 0 saturated carbocycles. The zero-order valence-electron chi connectivity index (χ0n) is 17.8. The van der Waals surface area contributed by atoms with Crippen molar-refractivity contribution in [3.05, 3.63) is 83.9 Å². The fourth-order valence-electron chi connectivity index (χ4n) is 3.46. The summed E-state index contributed by atoms with van der Waals surface area (Å²) in [6.07, 6.45) is 0.845. The summed E-state index contributed by atoms with van der Waals surface area (Å²) in [5, 5.41) is 7.79. The maximum atomic E-state index is 5.46. The summed E-state index contributed by atoms with van der Waals surface area (Å²) < 4.78 is 10.8. The van der Waals surface area contributed by atoms with Gasteiger partial charge in [-0.3, -0.25) is 0 Å². The summed E-state index contributed by atoms with van der Waals surface area (Å²) >= 11 is 0. The third-order valence-electron chi connectivity index (χ3n) is 5.07. The number of hydrogen-bond acceptors (Lipinski definition) is 6. The van der Waals surface area contributed by atoms with E-state index >= 15 is 0 Å². The van der Waals surface area contributed by atoms with E-state index in [1.807, 2.05) is 66.7 Å². The topological polar surface area (TPSA) is 68.3 Å². The minimum Gasteiger partial charge on any atom is -0.497 e. The second kappa shape index (κ2) is 9.80. The maximum Gasteiger partial charge on any atom is 0.225 e. The number of hydrogen-bond donors (Lipinski definition) is 2. The molecule has 0 bridgehead atoms. The van der Waals surface area contributed by atoms with E-state index in [-0.39, 0.29) is 0 Å². The van der Waals surface area contributed by atoms with Crippen LogP contribution < -0.4 is 20.1 Å². The van der Waals surface area contributed by atoms with Crippen LogP contribution in [0.15, 0.2) is 72.8 Å². The number of para-hydroxylation sites is 2. The molecule has 4 rings (SSSR count). The van der Waals surface area contributed by atoms with Gasteiger partial charge in [0.15, 0.2) is 0 Å². The fourth-order valence-corrected chi connectivity index (χ4v) is 3.46. The molecule has 0 aliphatic heterocycles. The largest absolute Gasteiger partial charge is 0.497 e. The number of fused-ring (bicyclic) bond motifs is 1. The third-order valence-corrected chi connectivity index (χ3v) is 5.07. The molecule has 0 spiro atoms. The molecule has 0 unspecified atom stereocenters. The maximum absolute atomic E-state index is 5.46. The molecule has 0 saturated heterocycles. The van der Waals surface area contributed by atoms with Crippen molar-refractivity contribution in [1.82, 2.24) is 9.97 Å². The molecule has 0 aliphatic carbocycles. The van der Waals surface area contributed by atoms with Crippen molar-refractivity contribution in [2.45, 2.75) is 13.0 Å². The summed E-state index contributed by atoms with van der Waals surface area (Å²) in [6, 6.07) is 24.1. The van der Waals surface area contributed by atoms with Crippen LogP contribution in [0.5, 0.6) is 11.5 Å². The first-order valence-electron chi connectivity index (χ1n) is 10.3. The van der Waals surface area contributed by atoms with Crippen LogP contribution in [0.1, 0.15) is 11.1 Å². The molecule has 3 aromatic carbocycles. The molecular weight excluding hydrogens is 388 g/mol. The molecule has 2 N–H and O–H groups in total. The van der Waals surface area contributed by atoms with Gasteiger partial charge >= 0.3 is 0 Å². The summed E-state index contributed by atoms with van der Waals surface area (Å²) in [4.78, 5) is 9.42. The zero-order chi connectivity index (χ0) is 21.5.